The van der Waals surface area contributed by atoms with Gasteiger partial charge in [-0.15, -0.1) is 10.1 Å². The molecule has 2 aromatic rings. The Hall–Kier alpha value is -2.38. The Kier molecular flexibility index (Phi) is 4.11. The smallest absolute Gasteiger partial charge is 0.331 e. The van der Waals surface area contributed by atoms with Gasteiger partial charge in [-0.3, -0.25) is 5.10 Å². The van der Waals surface area contributed by atoms with Gasteiger partial charge in [0.2, 0.25) is 11.8 Å². The quantitative estimate of drug-likeness (QED) is 0.816. The molecule has 2 aromatic heterocycles. The molecule has 0 aromatic carbocycles. The molecule has 102 valence electrons. The molecular formula is C11H16N6O2. The van der Waals surface area contributed by atoms with Gasteiger partial charge in [0.25, 0.3) is 0 Å². The van der Waals surface area contributed by atoms with Crippen molar-refractivity contribution in [2.45, 2.75) is 20.3 Å². The molecule has 0 fully saturated rings. The summed E-state index contributed by atoms with van der Waals surface area (Å²) in [6.07, 6.45) is 0.870. The summed E-state index contributed by atoms with van der Waals surface area (Å²) >= 11 is 0. The van der Waals surface area contributed by atoms with E-state index >= 15 is 0 Å². The third-order valence-corrected chi connectivity index (χ3v) is 2.13. The highest BCUT2D eigenvalue weighted by Gasteiger charge is 2.10. The van der Waals surface area contributed by atoms with E-state index in [1.165, 1.54) is 0 Å². The molecule has 0 unspecified atom stereocenters. The summed E-state index contributed by atoms with van der Waals surface area (Å²) in [5, 5.41) is 9.55. The third kappa shape index (κ3) is 3.54. The molecule has 19 heavy (non-hydrogen) atoms. The van der Waals surface area contributed by atoms with Crippen LogP contribution in [0, 0.1) is 6.92 Å². The van der Waals surface area contributed by atoms with E-state index in [1.807, 2.05) is 13.8 Å². The molecule has 0 atom stereocenters. The average molecular weight is 264 g/mol. The number of hydrogen-bond donors (Lipinski definition) is 2. The first kappa shape index (κ1) is 13.1. The number of ether oxygens (including phenoxy) is 2. The fourth-order valence-corrected chi connectivity index (χ4v) is 1.29. The fraction of sp³-hybridized carbons (Fsp3) is 0.455. The van der Waals surface area contributed by atoms with E-state index in [0.717, 1.165) is 12.1 Å². The molecule has 0 spiro atoms. The Balaban J connectivity index is 2.18. The Labute approximate surface area is 110 Å². The maximum atomic E-state index is 5.44. The second-order valence-corrected chi connectivity index (χ2v) is 3.81. The number of aryl methyl sites for hydroxylation is 1. The van der Waals surface area contributed by atoms with Crippen LogP contribution in [0.4, 0.5) is 5.95 Å². The van der Waals surface area contributed by atoms with Gasteiger partial charge < -0.3 is 14.8 Å². The maximum absolute atomic E-state index is 5.44. The average Bonchev–Trinajstić information content (AvgIpc) is 2.81. The maximum Gasteiger partial charge on any atom is 0.331 e. The summed E-state index contributed by atoms with van der Waals surface area (Å²) in [7, 11) is 1.71. The third-order valence-electron chi connectivity index (χ3n) is 2.13. The number of aromatic amines is 1. The summed E-state index contributed by atoms with van der Waals surface area (Å²) in [5.41, 5.74) is 0.889. The highest BCUT2D eigenvalue weighted by Crippen LogP contribution is 2.19. The summed E-state index contributed by atoms with van der Waals surface area (Å²) < 4.78 is 10.8. The molecule has 0 radical (unpaired) electrons. The van der Waals surface area contributed by atoms with Crippen LogP contribution in [0.5, 0.6) is 17.9 Å². The van der Waals surface area contributed by atoms with E-state index in [9.17, 15) is 0 Å². The zero-order valence-corrected chi connectivity index (χ0v) is 11.1. The van der Waals surface area contributed by atoms with Crippen molar-refractivity contribution in [2.24, 2.45) is 0 Å². The van der Waals surface area contributed by atoms with Crippen LogP contribution in [0.2, 0.25) is 0 Å². The zero-order valence-electron chi connectivity index (χ0n) is 11.1. The number of nitrogens with zero attached hydrogens (tertiary/aromatic N) is 4. The Bertz CT molecular complexity index is 542. The minimum atomic E-state index is 0.136. The standard InChI is InChI=1S/C11H16N6O2/c1-4-5-18-10-13-9(12-3)14-11(15-10)19-8-6-7(2)16-17-8/h6H,4-5H2,1-3H3,(H,16,17)(H,12,13,14,15). The van der Waals surface area contributed by atoms with Gasteiger partial charge in [-0.25, -0.2) is 0 Å². The topological polar surface area (TPSA) is 97.8 Å². The SMILES string of the molecule is CCCOc1nc(NC)nc(Oc2cc(C)[nH]n2)n1. The highest BCUT2D eigenvalue weighted by atomic mass is 16.5. The van der Waals surface area contributed by atoms with Gasteiger partial charge in [-0.05, 0) is 13.3 Å². The van der Waals surface area contributed by atoms with Crippen molar-refractivity contribution in [3.05, 3.63) is 11.8 Å². The molecular weight excluding hydrogens is 248 g/mol. The van der Waals surface area contributed by atoms with Crippen LogP contribution >= 0.6 is 0 Å². The second-order valence-electron chi connectivity index (χ2n) is 3.81. The van der Waals surface area contributed by atoms with Crippen LogP contribution in [0.1, 0.15) is 19.0 Å². The van der Waals surface area contributed by atoms with Gasteiger partial charge in [0.15, 0.2) is 0 Å². The first-order valence-electron chi connectivity index (χ1n) is 5.97. The summed E-state index contributed by atoms with van der Waals surface area (Å²) in [6, 6.07) is 2.11. The van der Waals surface area contributed by atoms with E-state index in [4.69, 9.17) is 9.47 Å². The molecule has 2 N–H and O–H groups in total. The molecule has 0 saturated carbocycles. The molecule has 8 nitrogen and oxygen atoms in total. The summed E-state index contributed by atoms with van der Waals surface area (Å²) in [6.45, 7) is 4.42. The molecule has 2 rings (SSSR count). The Morgan fingerprint density at radius 3 is 2.68 bits per heavy atom. The first-order chi connectivity index (χ1) is 9.21. The molecule has 0 bridgehead atoms. The number of anilines is 1. The van der Waals surface area contributed by atoms with Crippen LogP contribution in [-0.4, -0.2) is 38.8 Å². The lowest BCUT2D eigenvalue weighted by molar-refractivity contribution is 0.285. The largest absolute Gasteiger partial charge is 0.463 e. The highest BCUT2D eigenvalue weighted by molar-refractivity contribution is 5.27. The predicted octanol–water partition coefficient (Wildman–Crippen LogP) is 1.53. The molecule has 0 saturated heterocycles. The molecule has 0 aliphatic rings. The van der Waals surface area contributed by atoms with Crippen molar-refractivity contribution in [1.29, 1.82) is 0 Å². The van der Waals surface area contributed by atoms with E-state index < -0.39 is 0 Å². The van der Waals surface area contributed by atoms with Gasteiger partial charge in [-0.1, -0.05) is 6.92 Å². The van der Waals surface area contributed by atoms with Crippen molar-refractivity contribution >= 4 is 5.95 Å². The van der Waals surface area contributed by atoms with Gasteiger partial charge >= 0.3 is 12.0 Å². The van der Waals surface area contributed by atoms with Crippen molar-refractivity contribution in [1.82, 2.24) is 25.1 Å². The lowest BCUT2D eigenvalue weighted by atomic mass is 10.5. The first-order valence-corrected chi connectivity index (χ1v) is 5.97. The van der Waals surface area contributed by atoms with Crippen molar-refractivity contribution in [3.63, 3.8) is 0 Å². The minimum absolute atomic E-state index is 0.136. The number of hydrogen-bond acceptors (Lipinski definition) is 7. The van der Waals surface area contributed by atoms with Crippen molar-refractivity contribution in [3.8, 4) is 17.9 Å². The molecule has 8 heteroatoms. The van der Waals surface area contributed by atoms with E-state index in [-0.39, 0.29) is 12.0 Å². The predicted molar refractivity (Wildman–Crippen MR) is 68.6 cm³/mol. The molecule has 0 aliphatic heterocycles. The van der Waals surface area contributed by atoms with E-state index in [2.05, 4.69) is 30.5 Å². The van der Waals surface area contributed by atoms with Gasteiger partial charge in [-0.2, -0.15) is 9.97 Å². The van der Waals surface area contributed by atoms with Crippen molar-refractivity contribution < 1.29 is 9.47 Å². The van der Waals surface area contributed by atoms with Crippen molar-refractivity contribution in [2.75, 3.05) is 19.0 Å². The van der Waals surface area contributed by atoms with Crippen LogP contribution in [0.3, 0.4) is 0 Å². The lowest BCUT2D eigenvalue weighted by Crippen LogP contribution is -2.06. The summed E-state index contributed by atoms with van der Waals surface area (Å²) in [4.78, 5) is 12.2. The Morgan fingerprint density at radius 2 is 2.05 bits per heavy atom. The Morgan fingerprint density at radius 1 is 1.26 bits per heavy atom. The molecule has 0 aliphatic carbocycles. The van der Waals surface area contributed by atoms with Crippen LogP contribution < -0.4 is 14.8 Å². The monoisotopic (exact) mass is 264 g/mol. The second kappa shape index (κ2) is 5.98. The molecule has 2 heterocycles. The van der Waals surface area contributed by atoms with E-state index in [1.54, 1.807) is 13.1 Å². The normalized spacial score (nSPS) is 10.3. The number of rotatable bonds is 6. The van der Waals surface area contributed by atoms with Crippen LogP contribution in [0.15, 0.2) is 6.07 Å². The number of nitrogens with one attached hydrogen (secondary N) is 2. The summed E-state index contributed by atoms with van der Waals surface area (Å²) in [5.74, 6) is 0.774. The number of H-pyrrole nitrogens is 1. The van der Waals surface area contributed by atoms with E-state index in [0.29, 0.717) is 18.4 Å². The molecule has 0 amide bonds. The lowest BCUT2D eigenvalue weighted by Gasteiger charge is -2.06. The fourth-order valence-electron chi connectivity index (χ4n) is 1.29. The minimum Gasteiger partial charge on any atom is -0.463 e. The van der Waals surface area contributed by atoms with Gasteiger partial charge in [0.05, 0.1) is 6.61 Å². The van der Waals surface area contributed by atoms with Gasteiger partial charge in [0, 0.05) is 18.8 Å². The zero-order chi connectivity index (χ0) is 13.7. The van der Waals surface area contributed by atoms with Gasteiger partial charge in [0.1, 0.15) is 0 Å². The van der Waals surface area contributed by atoms with Crippen LogP contribution in [0.25, 0.3) is 0 Å². The van der Waals surface area contributed by atoms with Crippen LogP contribution in [-0.2, 0) is 0 Å². The number of aromatic nitrogens is 5.